The van der Waals surface area contributed by atoms with Crippen LogP contribution < -0.4 is 10.6 Å². The second-order valence-electron chi connectivity index (χ2n) is 2.92. The molecule has 1 rings (SSSR count). The fourth-order valence-corrected chi connectivity index (χ4v) is 1.18. The first-order valence-electron chi connectivity index (χ1n) is 4.07. The van der Waals surface area contributed by atoms with Crippen molar-refractivity contribution in [2.45, 2.75) is 6.42 Å². The monoisotopic (exact) mass is 165 g/mol. The smallest absolute Gasteiger partial charge is 0.131 e. The third-order valence-electron chi connectivity index (χ3n) is 1.70. The molecule has 0 aliphatic heterocycles. The van der Waals surface area contributed by atoms with Crippen molar-refractivity contribution >= 4 is 5.82 Å². The zero-order valence-corrected chi connectivity index (χ0v) is 7.62. The molecule has 1 aromatic rings. The van der Waals surface area contributed by atoms with Gasteiger partial charge in [0.05, 0.1) is 0 Å². The van der Waals surface area contributed by atoms with Crippen LogP contribution in [-0.2, 0) is 6.42 Å². The van der Waals surface area contributed by atoms with E-state index in [1.165, 1.54) is 5.56 Å². The molecule has 0 amide bonds. The average Bonchev–Trinajstić information content (AvgIpc) is 2.05. The minimum Gasteiger partial charge on any atom is -0.363 e. The number of anilines is 1. The normalized spacial score (nSPS) is 9.92. The van der Waals surface area contributed by atoms with Crippen LogP contribution in [0.1, 0.15) is 5.56 Å². The first-order chi connectivity index (χ1) is 5.75. The molecule has 0 atom stereocenters. The summed E-state index contributed by atoms with van der Waals surface area (Å²) in [6.07, 6.45) is 2.69. The van der Waals surface area contributed by atoms with E-state index in [2.05, 4.69) is 11.1 Å². The Hall–Kier alpha value is -1.09. The van der Waals surface area contributed by atoms with Crippen LogP contribution in [0.2, 0.25) is 0 Å². The Balaban J connectivity index is 2.92. The molecule has 0 spiro atoms. The molecule has 0 fully saturated rings. The minimum atomic E-state index is 0.673. The fourth-order valence-electron chi connectivity index (χ4n) is 1.18. The molecule has 0 aromatic carbocycles. The third-order valence-corrected chi connectivity index (χ3v) is 1.70. The summed E-state index contributed by atoms with van der Waals surface area (Å²) in [6.45, 7) is 0.673. The number of aromatic nitrogens is 1. The second kappa shape index (κ2) is 4.07. The van der Waals surface area contributed by atoms with Crippen LogP contribution >= 0.6 is 0 Å². The van der Waals surface area contributed by atoms with Crippen molar-refractivity contribution in [3.8, 4) is 0 Å². The maximum atomic E-state index is 5.48. The van der Waals surface area contributed by atoms with Gasteiger partial charge in [0.15, 0.2) is 0 Å². The van der Waals surface area contributed by atoms with Crippen LogP contribution in [0.3, 0.4) is 0 Å². The summed E-state index contributed by atoms with van der Waals surface area (Å²) >= 11 is 0. The van der Waals surface area contributed by atoms with Gasteiger partial charge in [-0.05, 0) is 24.6 Å². The predicted octanol–water partition coefficient (Wildman–Crippen LogP) is 0.649. The second-order valence-corrected chi connectivity index (χ2v) is 2.92. The topological polar surface area (TPSA) is 42.2 Å². The molecule has 0 bridgehead atoms. The largest absolute Gasteiger partial charge is 0.363 e. The number of rotatable bonds is 3. The number of nitrogens with zero attached hydrogens (tertiary/aromatic N) is 2. The van der Waals surface area contributed by atoms with Gasteiger partial charge in [0, 0.05) is 20.3 Å². The lowest BCUT2D eigenvalue weighted by Gasteiger charge is -2.14. The third kappa shape index (κ3) is 1.95. The van der Waals surface area contributed by atoms with Gasteiger partial charge in [-0.3, -0.25) is 0 Å². The maximum absolute atomic E-state index is 5.48. The van der Waals surface area contributed by atoms with Gasteiger partial charge in [0.1, 0.15) is 5.82 Å². The fraction of sp³-hybridized carbons (Fsp3) is 0.444. The van der Waals surface area contributed by atoms with Gasteiger partial charge in [0.2, 0.25) is 0 Å². The number of nitrogens with two attached hydrogens (primary N) is 1. The van der Waals surface area contributed by atoms with Gasteiger partial charge in [-0.1, -0.05) is 6.07 Å². The van der Waals surface area contributed by atoms with E-state index in [-0.39, 0.29) is 0 Å². The van der Waals surface area contributed by atoms with Crippen molar-refractivity contribution in [1.29, 1.82) is 0 Å². The van der Waals surface area contributed by atoms with Crippen molar-refractivity contribution in [2.24, 2.45) is 5.73 Å². The molecule has 0 unspecified atom stereocenters. The lowest BCUT2D eigenvalue weighted by molar-refractivity contribution is 0.936. The summed E-state index contributed by atoms with van der Waals surface area (Å²) < 4.78 is 0. The summed E-state index contributed by atoms with van der Waals surface area (Å²) in [7, 11) is 3.98. The molecule has 1 heterocycles. The molecular formula is C9H15N3. The summed E-state index contributed by atoms with van der Waals surface area (Å²) in [5.74, 6) is 1.02. The van der Waals surface area contributed by atoms with Crippen LogP contribution in [0.25, 0.3) is 0 Å². The Bertz CT molecular complexity index is 245. The van der Waals surface area contributed by atoms with Crippen molar-refractivity contribution in [1.82, 2.24) is 4.98 Å². The van der Waals surface area contributed by atoms with E-state index in [9.17, 15) is 0 Å². The molecule has 66 valence electrons. The highest BCUT2D eigenvalue weighted by Gasteiger charge is 2.02. The summed E-state index contributed by atoms with van der Waals surface area (Å²) in [6, 6.07) is 4.01. The Morgan fingerprint density at radius 3 is 2.83 bits per heavy atom. The molecule has 0 saturated heterocycles. The lowest BCUT2D eigenvalue weighted by atomic mass is 10.2. The van der Waals surface area contributed by atoms with Crippen molar-refractivity contribution in [3.05, 3.63) is 23.9 Å². The van der Waals surface area contributed by atoms with E-state index in [1.807, 2.05) is 25.1 Å². The summed E-state index contributed by atoms with van der Waals surface area (Å²) in [5, 5.41) is 0. The maximum Gasteiger partial charge on any atom is 0.131 e. The van der Waals surface area contributed by atoms with E-state index in [4.69, 9.17) is 5.73 Å². The average molecular weight is 165 g/mol. The van der Waals surface area contributed by atoms with Gasteiger partial charge in [-0.25, -0.2) is 4.98 Å². The van der Waals surface area contributed by atoms with E-state index in [1.54, 1.807) is 6.20 Å². The molecule has 2 N–H and O–H groups in total. The minimum absolute atomic E-state index is 0.673. The lowest BCUT2D eigenvalue weighted by Crippen LogP contribution is -2.14. The Morgan fingerprint density at radius 1 is 1.50 bits per heavy atom. The molecule has 0 aliphatic carbocycles. The molecule has 3 nitrogen and oxygen atoms in total. The SMILES string of the molecule is CN(C)c1ncccc1CCN. The summed E-state index contributed by atoms with van der Waals surface area (Å²) in [4.78, 5) is 6.27. The highest BCUT2D eigenvalue weighted by Crippen LogP contribution is 2.13. The number of hydrogen-bond donors (Lipinski definition) is 1. The van der Waals surface area contributed by atoms with Crippen LogP contribution in [0.4, 0.5) is 5.82 Å². The van der Waals surface area contributed by atoms with Crippen LogP contribution in [0, 0.1) is 0 Å². The van der Waals surface area contributed by atoms with Crippen LogP contribution in [-0.4, -0.2) is 25.6 Å². The quantitative estimate of drug-likeness (QED) is 0.715. The molecule has 0 radical (unpaired) electrons. The molecule has 3 heteroatoms. The highest BCUT2D eigenvalue weighted by molar-refractivity contribution is 5.45. The van der Waals surface area contributed by atoms with E-state index >= 15 is 0 Å². The van der Waals surface area contributed by atoms with Crippen molar-refractivity contribution in [2.75, 3.05) is 25.5 Å². The zero-order chi connectivity index (χ0) is 8.97. The molecule has 0 saturated carbocycles. The van der Waals surface area contributed by atoms with E-state index in [0.717, 1.165) is 12.2 Å². The van der Waals surface area contributed by atoms with Gasteiger partial charge >= 0.3 is 0 Å². The number of hydrogen-bond acceptors (Lipinski definition) is 3. The van der Waals surface area contributed by atoms with Gasteiger partial charge in [0.25, 0.3) is 0 Å². The highest BCUT2D eigenvalue weighted by atomic mass is 15.1. The standard InChI is InChI=1S/C9H15N3/c1-12(2)9-8(5-6-10)4-3-7-11-9/h3-4,7H,5-6,10H2,1-2H3. The van der Waals surface area contributed by atoms with Crippen molar-refractivity contribution in [3.63, 3.8) is 0 Å². The first kappa shape index (κ1) is 9.00. The van der Waals surface area contributed by atoms with Gasteiger partial charge < -0.3 is 10.6 Å². The van der Waals surface area contributed by atoms with Crippen LogP contribution in [0.5, 0.6) is 0 Å². The van der Waals surface area contributed by atoms with E-state index in [0.29, 0.717) is 6.54 Å². The zero-order valence-electron chi connectivity index (χ0n) is 7.62. The first-order valence-corrected chi connectivity index (χ1v) is 4.07. The van der Waals surface area contributed by atoms with Crippen LogP contribution in [0.15, 0.2) is 18.3 Å². The molecule has 0 aliphatic rings. The molecule has 12 heavy (non-hydrogen) atoms. The summed E-state index contributed by atoms with van der Waals surface area (Å²) in [5.41, 5.74) is 6.70. The number of pyridine rings is 1. The Kier molecular flexibility index (Phi) is 3.05. The molecular weight excluding hydrogens is 150 g/mol. The van der Waals surface area contributed by atoms with E-state index < -0.39 is 0 Å². The van der Waals surface area contributed by atoms with Gasteiger partial charge in [-0.15, -0.1) is 0 Å². The Morgan fingerprint density at radius 2 is 2.25 bits per heavy atom. The molecule has 1 aromatic heterocycles. The Labute approximate surface area is 73.2 Å². The van der Waals surface area contributed by atoms with Gasteiger partial charge in [-0.2, -0.15) is 0 Å². The van der Waals surface area contributed by atoms with Crippen molar-refractivity contribution < 1.29 is 0 Å². The predicted molar refractivity (Wildman–Crippen MR) is 51.3 cm³/mol.